The van der Waals surface area contributed by atoms with Crippen LogP contribution in [0.1, 0.15) is 30.9 Å². The van der Waals surface area contributed by atoms with Gasteiger partial charge in [0, 0.05) is 26.2 Å². The van der Waals surface area contributed by atoms with E-state index in [0.717, 1.165) is 37.1 Å². The summed E-state index contributed by atoms with van der Waals surface area (Å²) in [4.78, 5) is 14.3. The third-order valence-corrected chi connectivity index (χ3v) is 3.81. The van der Waals surface area contributed by atoms with Crippen LogP contribution in [0, 0.1) is 0 Å². The topological polar surface area (TPSA) is 55.6 Å². The molecule has 1 amide bonds. The second kappa shape index (κ2) is 7.41. The van der Waals surface area contributed by atoms with Crippen LogP contribution in [0.5, 0.6) is 0 Å². The van der Waals surface area contributed by atoms with E-state index in [1.807, 2.05) is 36.1 Å². The Kier molecular flexibility index (Phi) is 5.56. The van der Waals surface area contributed by atoms with Crippen molar-refractivity contribution in [2.45, 2.75) is 38.8 Å². The van der Waals surface area contributed by atoms with Crippen LogP contribution in [-0.4, -0.2) is 36.6 Å². The fourth-order valence-electron chi connectivity index (χ4n) is 2.74. The van der Waals surface area contributed by atoms with E-state index in [1.165, 1.54) is 0 Å². The highest BCUT2D eigenvalue weighted by molar-refractivity contribution is 5.79. The molecule has 1 fully saturated rings. The summed E-state index contributed by atoms with van der Waals surface area (Å²) >= 11 is 0. The first-order chi connectivity index (χ1) is 9.74. The molecular formula is C16H24N2O2. The summed E-state index contributed by atoms with van der Waals surface area (Å²) in [5.74, 6) is 0.176. The smallest absolute Gasteiger partial charge is 0.227 e. The lowest BCUT2D eigenvalue weighted by atomic mass is 10.0. The number of piperidine rings is 1. The van der Waals surface area contributed by atoms with Gasteiger partial charge in [0.1, 0.15) is 0 Å². The normalized spacial score (nSPS) is 19.1. The number of benzene rings is 1. The van der Waals surface area contributed by atoms with E-state index >= 15 is 0 Å². The molecule has 1 aromatic carbocycles. The van der Waals surface area contributed by atoms with Gasteiger partial charge < -0.3 is 15.4 Å². The van der Waals surface area contributed by atoms with Crippen LogP contribution in [0.3, 0.4) is 0 Å². The Morgan fingerprint density at radius 3 is 2.85 bits per heavy atom. The first-order valence-electron chi connectivity index (χ1n) is 7.40. The Morgan fingerprint density at radius 2 is 2.15 bits per heavy atom. The Labute approximate surface area is 120 Å². The van der Waals surface area contributed by atoms with Crippen molar-refractivity contribution < 1.29 is 9.53 Å². The van der Waals surface area contributed by atoms with E-state index in [2.05, 4.69) is 0 Å². The number of hydrogen-bond acceptors (Lipinski definition) is 3. The van der Waals surface area contributed by atoms with Crippen LogP contribution in [0.15, 0.2) is 24.3 Å². The Bertz CT molecular complexity index is 446. The van der Waals surface area contributed by atoms with Crippen molar-refractivity contribution in [1.29, 1.82) is 0 Å². The number of nitrogens with two attached hydrogens (primary N) is 1. The van der Waals surface area contributed by atoms with E-state index in [-0.39, 0.29) is 12.0 Å². The summed E-state index contributed by atoms with van der Waals surface area (Å²) in [5.41, 5.74) is 7.82. The predicted octanol–water partition coefficient (Wildman–Crippen LogP) is 1.72. The summed E-state index contributed by atoms with van der Waals surface area (Å²) < 4.78 is 5.64. The van der Waals surface area contributed by atoms with Crippen molar-refractivity contribution in [3.8, 4) is 0 Å². The number of nitrogens with zero attached hydrogens (tertiary/aromatic N) is 1. The zero-order valence-electron chi connectivity index (χ0n) is 12.2. The van der Waals surface area contributed by atoms with Crippen molar-refractivity contribution in [3.05, 3.63) is 35.4 Å². The number of ether oxygens (including phenoxy) is 1. The Balaban J connectivity index is 1.97. The molecule has 1 aliphatic heterocycles. The summed E-state index contributed by atoms with van der Waals surface area (Å²) in [5, 5.41) is 0. The number of amides is 1. The van der Waals surface area contributed by atoms with Crippen molar-refractivity contribution >= 4 is 5.91 Å². The van der Waals surface area contributed by atoms with Crippen molar-refractivity contribution in [2.24, 2.45) is 5.73 Å². The third-order valence-electron chi connectivity index (χ3n) is 3.81. The fourth-order valence-corrected chi connectivity index (χ4v) is 2.74. The van der Waals surface area contributed by atoms with Crippen LogP contribution in [0.4, 0.5) is 0 Å². The van der Waals surface area contributed by atoms with Gasteiger partial charge in [-0.2, -0.15) is 0 Å². The molecule has 20 heavy (non-hydrogen) atoms. The highest BCUT2D eigenvalue weighted by atomic mass is 16.5. The number of likely N-dealkylation sites (tertiary alicyclic amines) is 1. The number of hydrogen-bond donors (Lipinski definition) is 1. The monoisotopic (exact) mass is 276 g/mol. The average molecular weight is 276 g/mol. The molecule has 0 saturated carbocycles. The summed E-state index contributed by atoms with van der Waals surface area (Å²) in [7, 11) is 0. The maximum atomic E-state index is 12.4. The molecule has 1 saturated heterocycles. The largest absolute Gasteiger partial charge is 0.377 e. The first kappa shape index (κ1) is 15.0. The summed E-state index contributed by atoms with van der Waals surface area (Å²) in [6.45, 7) is 4.75. The average Bonchev–Trinajstić information content (AvgIpc) is 2.48. The minimum Gasteiger partial charge on any atom is -0.377 e. The SMILES string of the molecule is CCOC1CCCN(C(=O)Cc2ccccc2CN)C1. The van der Waals surface area contributed by atoms with E-state index in [0.29, 0.717) is 19.6 Å². The second-order valence-corrected chi connectivity index (χ2v) is 5.21. The standard InChI is InChI=1S/C16H24N2O2/c1-2-20-15-8-5-9-18(12-15)16(19)10-13-6-3-4-7-14(13)11-17/h3-4,6-7,15H,2,5,8-12,17H2,1H3. The minimum atomic E-state index is 0.176. The second-order valence-electron chi connectivity index (χ2n) is 5.21. The molecule has 2 rings (SSSR count). The van der Waals surface area contributed by atoms with Gasteiger partial charge in [-0.25, -0.2) is 0 Å². The molecule has 1 heterocycles. The highest BCUT2D eigenvalue weighted by Crippen LogP contribution is 2.16. The van der Waals surface area contributed by atoms with Gasteiger partial charge in [-0.3, -0.25) is 4.79 Å². The van der Waals surface area contributed by atoms with Gasteiger partial charge in [-0.1, -0.05) is 24.3 Å². The summed E-state index contributed by atoms with van der Waals surface area (Å²) in [6.07, 6.45) is 2.71. The molecule has 0 radical (unpaired) electrons. The molecule has 0 spiro atoms. The van der Waals surface area contributed by atoms with Gasteiger partial charge in [-0.05, 0) is 30.9 Å². The molecule has 1 unspecified atom stereocenters. The molecule has 0 aliphatic carbocycles. The lowest BCUT2D eigenvalue weighted by molar-refractivity contribution is -0.134. The molecule has 0 aromatic heterocycles. The van der Waals surface area contributed by atoms with Crippen molar-refractivity contribution in [1.82, 2.24) is 4.90 Å². The zero-order chi connectivity index (χ0) is 14.4. The van der Waals surface area contributed by atoms with Crippen LogP contribution in [0.2, 0.25) is 0 Å². The number of rotatable bonds is 5. The summed E-state index contributed by atoms with van der Waals surface area (Å²) in [6, 6.07) is 7.90. The van der Waals surface area contributed by atoms with E-state index < -0.39 is 0 Å². The molecule has 4 nitrogen and oxygen atoms in total. The molecule has 0 bridgehead atoms. The minimum absolute atomic E-state index is 0.176. The van der Waals surface area contributed by atoms with E-state index in [9.17, 15) is 4.79 Å². The quantitative estimate of drug-likeness (QED) is 0.891. The van der Waals surface area contributed by atoms with Crippen LogP contribution in [-0.2, 0) is 22.5 Å². The first-order valence-corrected chi connectivity index (χ1v) is 7.40. The molecule has 4 heteroatoms. The zero-order valence-corrected chi connectivity index (χ0v) is 12.2. The van der Waals surface area contributed by atoms with E-state index in [1.54, 1.807) is 0 Å². The van der Waals surface area contributed by atoms with Crippen molar-refractivity contribution in [3.63, 3.8) is 0 Å². The molecule has 110 valence electrons. The van der Waals surface area contributed by atoms with Crippen LogP contribution >= 0.6 is 0 Å². The Morgan fingerprint density at radius 1 is 1.40 bits per heavy atom. The molecule has 1 aliphatic rings. The van der Waals surface area contributed by atoms with Crippen molar-refractivity contribution in [2.75, 3.05) is 19.7 Å². The number of carbonyl (C=O) groups excluding carboxylic acids is 1. The molecule has 2 N–H and O–H groups in total. The van der Waals surface area contributed by atoms with Crippen LogP contribution in [0.25, 0.3) is 0 Å². The lowest BCUT2D eigenvalue weighted by Gasteiger charge is -2.32. The fraction of sp³-hybridized carbons (Fsp3) is 0.562. The van der Waals surface area contributed by atoms with Gasteiger partial charge >= 0.3 is 0 Å². The lowest BCUT2D eigenvalue weighted by Crippen LogP contribution is -2.44. The van der Waals surface area contributed by atoms with Gasteiger partial charge in [-0.15, -0.1) is 0 Å². The molecular weight excluding hydrogens is 252 g/mol. The predicted molar refractivity (Wildman–Crippen MR) is 79.3 cm³/mol. The van der Waals surface area contributed by atoms with Gasteiger partial charge in [0.2, 0.25) is 5.91 Å². The maximum absolute atomic E-state index is 12.4. The highest BCUT2D eigenvalue weighted by Gasteiger charge is 2.24. The van der Waals surface area contributed by atoms with Gasteiger partial charge in [0.05, 0.1) is 12.5 Å². The van der Waals surface area contributed by atoms with Gasteiger partial charge in [0.25, 0.3) is 0 Å². The number of carbonyl (C=O) groups is 1. The third kappa shape index (κ3) is 3.81. The molecule has 1 atom stereocenters. The maximum Gasteiger partial charge on any atom is 0.227 e. The van der Waals surface area contributed by atoms with Crippen LogP contribution < -0.4 is 5.73 Å². The van der Waals surface area contributed by atoms with E-state index in [4.69, 9.17) is 10.5 Å². The van der Waals surface area contributed by atoms with Gasteiger partial charge in [0.15, 0.2) is 0 Å². The molecule has 1 aromatic rings. The Hall–Kier alpha value is -1.39.